The van der Waals surface area contributed by atoms with Crippen LogP contribution < -0.4 is 10.6 Å². The summed E-state index contributed by atoms with van der Waals surface area (Å²) in [6.45, 7) is 3.96. The van der Waals surface area contributed by atoms with Crippen LogP contribution >= 0.6 is 12.4 Å². The Kier molecular flexibility index (Phi) is 5.88. The lowest BCUT2D eigenvalue weighted by Crippen LogP contribution is -2.53. The van der Waals surface area contributed by atoms with Gasteiger partial charge in [0.25, 0.3) is 0 Å². The van der Waals surface area contributed by atoms with Crippen molar-refractivity contribution in [3.63, 3.8) is 0 Å². The molecule has 2 amide bonds. The molecule has 0 aromatic carbocycles. The van der Waals surface area contributed by atoms with Gasteiger partial charge in [-0.25, -0.2) is 0 Å². The Morgan fingerprint density at radius 3 is 2.67 bits per heavy atom. The second-order valence-electron chi connectivity index (χ2n) is 4.97. The van der Waals surface area contributed by atoms with E-state index in [1.54, 1.807) is 0 Å². The summed E-state index contributed by atoms with van der Waals surface area (Å²) in [5.41, 5.74) is 0. The summed E-state index contributed by atoms with van der Waals surface area (Å²) in [5.74, 6) is 0.195. The van der Waals surface area contributed by atoms with Gasteiger partial charge in [-0.1, -0.05) is 0 Å². The smallest absolute Gasteiger partial charge is 0.239 e. The molecule has 0 aromatic rings. The third-order valence-corrected chi connectivity index (χ3v) is 3.50. The third kappa shape index (κ3) is 3.85. The molecule has 0 spiro atoms. The summed E-state index contributed by atoms with van der Waals surface area (Å²) in [6.07, 6.45) is 3.98. The molecule has 2 N–H and O–H groups in total. The van der Waals surface area contributed by atoms with E-state index in [0.717, 1.165) is 38.8 Å². The minimum Gasteiger partial charge on any atom is -0.352 e. The minimum atomic E-state index is -0.0108. The van der Waals surface area contributed by atoms with Crippen LogP contribution in [0.5, 0.6) is 0 Å². The minimum absolute atomic E-state index is 0. The topological polar surface area (TPSA) is 61.4 Å². The highest BCUT2D eigenvalue weighted by Gasteiger charge is 2.30. The molecule has 0 bridgehead atoms. The second-order valence-corrected chi connectivity index (χ2v) is 4.97. The highest BCUT2D eigenvalue weighted by molar-refractivity contribution is 5.85. The molecular weight excluding hydrogens is 254 g/mol. The number of carbonyl (C=O) groups is 2. The van der Waals surface area contributed by atoms with Crippen molar-refractivity contribution in [1.29, 1.82) is 0 Å². The van der Waals surface area contributed by atoms with E-state index in [9.17, 15) is 9.59 Å². The van der Waals surface area contributed by atoms with E-state index in [-0.39, 0.29) is 36.3 Å². The highest BCUT2D eigenvalue weighted by atomic mass is 35.5. The number of piperidine rings is 1. The number of halogens is 1. The van der Waals surface area contributed by atoms with Gasteiger partial charge < -0.3 is 15.5 Å². The standard InChI is InChI=1S/C12H21N3O2.ClH/c1-9(16)14-10-4-3-7-15(8-10)12(17)11-5-2-6-13-11;/h10-11,13H,2-8H2,1H3,(H,14,16);1H. The molecule has 2 aliphatic heterocycles. The van der Waals surface area contributed by atoms with Gasteiger partial charge in [0.15, 0.2) is 0 Å². The molecule has 18 heavy (non-hydrogen) atoms. The molecule has 0 aromatic heterocycles. The van der Waals surface area contributed by atoms with E-state index in [1.807, 2.05) is 4.90 Å². The number of amides is 2. The number of nitrogens with one attached hydrogen (secondary N) is 2. The summed E-state index contributed by atoms with van der Waals surface area (Å²) >= 11 is 0. The van der Waals surface area contributed by atoms with Crippen LogP contribution in [0.15, 0.2) is 0 Å². The Labute approximate surface area is 114 Å². The molecule has 2 unspecified atom stereocenters. The van der Waals surface area contributed by atoms with Crippen molar-refractivity contribution in [3.05, 3.63) is 0 Å². The van der Waals surface area contributed by atoms with Crippen LogP contribution in [0.2, 0.25) is 0 Å². The molecule has 2 aliphatic rings. The van der Waals surface area contributed by atoms with Crippen LogP contribution in [0.1, 0.15) is 32.6 Å². The Morgan fingerprint density at radius 2 is 2.06 bits per heavy atom. The van der Waals surface area contributed by atoms with Gasteiger partial charge in [-0.3, -0.25) is 9.59 Å². The van der Waals surface area contributed by atoms with Crippen molar-refractivity contribution in [2.24, 2.45) is 0 Å². The van der Waals surface area contributed by atoms with Crippen LogP contribution in [0.25, 0.3) is 0 Å². The average molecular weight is 276 g/mol. The van der Waals surface area contributed by atoms with Crippen molar-refractivity contribution in [3.8, 4) is 0 Å². The van der Waals surface area contributed by atoms with Crippen LogP contribution in [-0.4, -0.2) is 48.4 Å². The van der Waals surface area contributed by atoms with Gasteiger partial charge in [-0.2, -0.15) is 0 Å². The first-order valence-electron chi connectivity index (χ1n) is 6.46. The number of likely N-dealkylation sites (tertiary alicyclic amines) is 1. The molecule has 2 heterocycles. The predicted molar refractivity (Wildman–Crippen MR) is 71.7 cm³/mol. The summed E-state index contributed by atoms with van der Waals surface area (Å²) in [6, 6.07) is 0.137. The molecule has 2 saturated heterocycles. The molecule has 5 nitrogen and oxygen atoms in total. The maximum absolute atomic E-state index is 12.2. The van der Waals surface area contributed by atoms with E-state index in [2.05, 4.69) is 10.6 Å². The van der Waals surface area contributed by atoms with E-state index < -0.39 is 0 Å². The first kappa shape index (κ1) is 15.2. The van der Waals surface area contributed by atoms with Gasteiger partial charge in [-0.15, -0.1) is 12.4 Å². The Hall–Kier alpha value is -0.810. The molecule has 104 valence electrons. The lowest BCUT2D eigenvalue weighted by Gasteiger charge is -2.34. The number of nitrogens with zero attached hydrogens (tertiary/aromatic N) is 1. The van der Waals surface area contributed by atoms with Gasteiger partial charge in [0.1, 0.15) is 0 Å². The second kappa shape index (κ2) is 6.95. The molecule has 2 rings (SSSR count). The summed E-state index contributed by atoms with van der Waals surface area (Å²) in [7, 11) is 0. The van der Waals surface area contributed by atoms with Crippen molar-refractivity contribution in [2.45, 2.75) is 44.7 Å². The molecule has 0 radical (unpaired) electrons. The van der Waals surface area contributed by atoms with Crippen molar-refractivity contribution in [1.82, 2.24) is 15.5 Å². The van der Waals surface area contributed by atoms with Gasteiger partial charge in [0.05, 0.1) is 6.04 Å². The zero-order valence-corrected chi connectivity index (χ0v) is 11.6. The fraction of sp³-hybridized carbons (Fsp3) is 0.833. The van der Waals surface area contributed by atoms with Crippen LogP contribution in [-0.2, 0) is 9.59 Å². The fourth-order valence-corrected chi connectivity index (χ4v) is 2.70. The molecule has 0 aliphatic carbocycles. The SMILES string of the molecule is CC(=O)NC1CCCN(C(=O)C2CCCN2)C1.Cl. The Bertz CT molecular complexity index is 306. The molecule has 6 heteroatoms. The first-order valence-corrected chi connectivity index (χ1v) is 6.46. The summed E-state index contributed by atoms with van der Waals surface area (Å²) in [5, 5.41) is 6.13. The van der Waals surface area contributed by atoms with Crippen LogP contribution in [0.3, 0.4) is 0 Å². The third-order valence-electron chi connectivity index (χ3n) is 3.50. The number of hydrogen-bond acceptors (Lipinski definition) is 3. The number of rotatable bonds is 2. The van der Waals surface area contributed by atoms with Crippen molar-refractivity contribution >= 4 is 24.2 Å². The van der Waals surface area contributed by atoms with Crippen LogP contribution in [0, 0.1) is 0 Å². The monoisotopic (exact) mass is 275 g/mol. The van der Waals surface area contributed by atoms with E-state index in [4.69, 9.17) is 0 Å². The van der Waals surface area contributed by atoms with Gasteiger partial charge in [-0.05, 0) is 32.2 Å². The fourth-order valence-electron chi connectivity index (χ4n) is 2.70. The number of hydrogen-bond donors (Lipinski definition) is 2. The summed E-state index contributed by atoms with van der Waals surface area (Å²) in [4.78, 5) is 25.1. The first-order chi connectivity index (χ1) is 8.16. The lowest BCUT2D eigenvalue weighted by molar-refractivity contribution is -0.135. The number of carbonyl (C=O) groups excluding carboxylic acids is 2. The van der Waals surface area contributed by atoms with Crippen molar-refractivity contribution in [2.75, 3.05) is 19.6 Å². The molecule has 0 saturated carbocycles. The van der Waals surface area contributed by atoms with Gasteiger partial charge >= 0.3 is 0 Å². The predicted octanol–water partition coefficient (Wildman–Crippen LogP) is 0.287. The van der Waals surface area contributed by atoms with E-state index >= 15 is 0 Å². The van der Waals surface area contributed by atoms with E-state index in [0.29, 0.717) is 6.54 Å². The largest absolute Gasteiger partial charge is 0.352 e. The maximum atomic E-state index is 12.2. The molecule has 2 atom stereocenters. The van der Waals surface area contributed by atoms with E-state index in [1.165, 1.54) is 6.92 Å². The average Bonchev–Trinajstić information content (AvgIpc) is 2.81. The van der Waals surface area contributed by atoms with Gasteiger partial charge in [0, 0.05) is 26.1 Å². The zero-order valence-electron chi connectivity index (χ0n) is 10.8. The Morgan fingerprint density at radius 1 is 1.28 bits per heavy atom. The lowest BCUT2D eigenvalue weighted by atomic mass is 10.0. The van der Waals surface area contributed by atoms with Crippen molar-refractivity contribution < 1.29 is 9.59 Å². The molecular formula is C12H22ClN3O2. The molecule has 2 fully saturated rings. The quantitative estimate of drug-likeness (QED) is 0.761. The van der Waals surface area contributed by atoms with Crippen LogP contribution in [0.4, 0.5) is 0 Å². The zero-order chi connectivity index (χ0) is 12.3. The Balaban J connectivity index is 0.00000162. The normalized spacial score (nSPS) is 27.5. The highest BCUT2D eigenvalue weighted by Crippen LogP contribution is 2.14. The maximum Gasteiger partial charge on any atom is 0.239 e. The summed E-state index contributed by atoms with van der Waals surface area (Å²) < 4.78 is 0. The van der Waals surface area contributed by atoms with Gasteiger partial charge in [0.2, 0.25) is 11.8 Å².